The number of hydrogen-bond donors (Lipinski definition) is 1. The molecule has 0 radical (unpaired) electrons. The van der Waals surface area contributed by atoms with Gasteiger partial charge in [-0.25, -0.2) is 8.78 Å². The van der Waals surface area contributed by atoms with Gasteiger partial charge in [-0.2, -0.15) is 0 Å². The van der Waals surface area contributed by atoms with E-state index in [9.17, 15) is 18.4 Å². The number of benzene rings is 1. The van der Waals surface area contributed by atoms with Gasteiger partial charge in [-0.1, -0.05) is 6.07 Å². The maximum atomic E-state index is 13.3. The molecule has 0 aliphatic carbocycles. The summed E-state index contributed by atoms with van der Waals surface area (Å²) in [6, 6.07) is 3.38. The number of rotatable bonds is 6. The minimum atomic E-state index is -1.02. The third-order valence-corrected chi connectivity index (χ3v) is 3.54. The summed E-state index contributed by atoms with van der Waals surface area (Å²) in [6.07, 6.45) is 0.378. The number of nitrogens with zero attached hydrogens (tertiary/aromatic N) is 1. The number of amides is 1. The van der Waals surface area contributed by atoms with Gasteiger partial charge in [-0.05, 0) is 24.1 Å². The number of hydrogen-bond acceptors (Lipinski definition) is 3. The SMILES string of the molecule is O=C(O)CCN(Cc1ccc(F)c(F)c1)C(=O)[C@H]1CCOC1. The van der Waals surface area contributed by atoms with Crippen LogP contribution in [0.3, 0.4) is 0 Å². The summed E-state index contributed by atoms with van der Waals surface area (Å²) in [5.74, 6) is -3.50. The lowest BCUT2D eigenvalue weighted by atomic mass is 10.1. The standard InChI is InChI=1S/C15H17F2NO4/c16-12-2-1-10(7-13(12)17)8-18(5-3-14(19)20)15(21)11-4-6-22-9-11/h1-2,7,11H,3-6,8-9H2,(H,19,20)/t11-/m0/s1. The van der Waals surface area contributed by atoms with E-state index in [1.54, 1.807) is 0 Å². The molecule has 120 valence electrons. The number of carbonyl (C=O) groups is 2. The number of carbonyl (C=O) groups excluding carboxylic acids is 1. The zero-order chi connectivity index (χ0) is 16.1. The van der Waals surface area contributed by atoms with Crippen LogP contribution >= 0.6 is 0 Å². The minimum Gasteiger partial charge on any atom is -0.481 e. The Morgan fingerprint density at radius 2 is 2.09 bits per heavy atom. The van der Waals surface area contributed by atoms with Crippen LogP contribution < -0.4 is 0 Å². The average Bonchev–Trinajstić information content (AvgIpc) is 3.00. The lowest BCUT2D eigenvalue weighted by molar-refractivity contribution is -0.140. The first kappa shape index (κ1) is 16.4. The van der Waals surface area contributed by atoms with Crippen molar-refractivity contribution in [3.8, 4) is 0 Å². The number of halogens is 2. The van der Waals surface area contributed by atoms with E-state index in [-0.39, 0.29) is 31.3 Å². The maximum absolute atomic E-state index is 13.3. The van der Waals surface area contributed by atoms with Crippen LogP contribution in [0.1, 0.15) is 18.4 Å². The van der Waals surface area contributed by atoms with Crippen LogP contribution in [-0.2, 0) is 20.9 Å². The quantitative estimate of drug-likeness (QED) is 0.870. The molecule has 1 aliphatic rings. The van der Waals surface area contributed by atoms with Crippen molar-refractivity contribution in [1.82, 2.24) is 4.90 Å². The highest BCUT2D eigenvalue weighted by atomic mass is 19.2. The van der Waals surface area contributed by atoms with Crippen molar-refractivity contribution in [3.63, 3.8) is 0 Å². The van der Waals surface area contributed by atoms with E-state index >= 15 is 0 Å². The van der Waals surface area contributed by atoms with Gasteiger partial charge in [0.05, 0.1) is 18.9 Å². The molecular weight excluding hydrogens is 296 g/mol. The summed E-state index contributed by atoms with van der Waals surface area (Å²) < 4.78 is 31.4. The second kappa shape index (κ2) is 7.31. The van der Waals surface area contributed by atoms with Crippen LogP contribution in [0.2, 0.25) is 0 Å². The monoisotopic (exact) mass is 313 g/mol. The van der Waals surface area contributed by atoms with Gasteiger partial charge in [-0.3, -0.25) is 9.59 Å². The fourth-order valence-electron chi connectivity index (χ4n) is 2.34. The fourth-order valence-corrected chi connectivity index (χ4v) is 2.34. The summed E-state index contributed by atoms with van der Waals surface area (Å²) in [4.78, 5) is 24.5. The van der Waals surface area contributed by atoms with Gasteiger partial charge in [0, 0.05) is 19.7 Å². The Morgan fingerprint density at radius 1 is 1.32 bits per heavy atom. The molecule has 0 unspecified atom stereocenters. The summed E-state index contributed by atoms with van der Waals surface area (Å²) in [5.41, 5.74) is 0.413. The normalized spacial score (nSPS) is 17.5. The molecule has 1 fully saturated rings. The zero-order valence-electron chi connectivity index (χ0n) is 11.9. The molecule has 1 N–H and O–H groups in total. The summed E-state index contributed by atoms with van der Waals surface area (Å²) in [7, 11) is 0. The zero-order valence-corrected chi connectivity index (χ0v) is 11.9. The van der Waals surface area contributed by atoms with E-state index in [0.717, 1.165) is 12.1 Å². The minimum absolute atomic E-state index is 0.0175. The first-order valence-electron chi connectivity index (χ1n) is 6.99. The highest BCUT2D eigenvalue weighted by molar-refractivity contribution is 5.79. The first-order valence-corrected chi connectivity index (χ1v) is 6.99. The molecular formula is C15H17F2NO4. The van der Waals surface area contributed by atoms with Gasteiger partial charge >= 0.3 is 5.97 Å². The molecule has 7 heteroatoms. The number of ether oxygens (including phenoxy) is 1. The van der Waals surface area contributed by atoms with Crippen LogP contribution in [-0.4, -0.2) is 41.6 Å². The van der Waals surface area contributed by atoms with Crippen LogP contribution in [0.5, 0.6) is 0 Å². The molecule has 5 nitrogen and oxygen atoms in total. The second-order valence-electron chi connectivity index (χ2n) is 5.21. The van der Waals surface area contributed by atoms with E-state index < -0.39 is 17.6 Å². The van der Waals surface area contributed by atoms with Crippen molar-refractivity contribution in [1.29, 1.82) is 0 Å². The molecule has 1 saturated heterocycles. The predicted molar refractivity (Wildman–Crippen MR) is 73.0 cm³/mol. The summed E-state index contributed by atoms with van der Waals surface area (Å²) in [6.45, 7) is 0.859. The van der Waals surface area contributed by atoms with Crippen molar-refractivity contribution in [2.45, 2.75) is 19.4 Å². The van der Waals surface area contributed by atoms with E-state index in [0.29, 0.717) is 25.2 Å². The number of aliphatic carboxylic acids is 1. The Hall–Kier alpha value is -2.02. The molecule has 2 rings (SSSR count). The molecule has 0 spiro atoms. The Morgan fingerprint density at radius 3 is 2.68 bits per heavy atom. The third-order valence-electron chi connectivity index (χ3n) is 3.54. The van der Waals surface area contributed by atoms with Crippen molar-refractivity contribution in [3.05, 3.63) is 35.4 Å². The summed E-state index contributed by atoms with van der Waals surface area (Å²) in [5, 5.41) is 8.78. The topological polar surface area (TPSA) is 66.8 Å². The van der Waals surface area contributed by atoms with Crippen LogP contribution in [0.25, 0.3) is 0 Å². The second-order valence-corrected chi connectivity index (χ2v) is 5.21. The van der Waals surface area contributed by atoms with Gasteiger partial charge < -0.3 is 14.7 Å². The molecule has 1 heterocycles. The molecule has 1 amide bonds. The number of carboxylic acids is 1. The highest BCUT2D eigenvalue weighted by Gasteiger charge is 2.28. The summed E-state index contributed by atoms with van der Waals surface area (Å²) >= 11 is 0. The Labute approximate surface area is 126 Å². The van der Waals surface area contributed by atoms with E-state index in [1.807, 2.05) is 0 Å². The number of carboxylic acid groups (broad SMARTS) is 1. The van der Waals surface area contributed by atoms with Gasteiger partial charge in [0.1, 0.15) is 0 Å². The van der Waals surface area contributed by atoms with Gasteiger partial charge in [-0.15, -0.1) is 0 Å². The Bertz CT molecular complexity index is 558. The molecule has 0 bridgehead atoms. The van der Waals surface area contributed by atoms with Crippen molar-refractivity contribution in [2.24, 2.45) is 5.92 Å². The Kier molecular flexibility index (Phi) is 5.43. The molecule has 1 aromatic rings. The first-order chi connectivity index (χ1) is 10.5. The third kappa shape index (κ3) is 4.24. The molecule has 22 heavy (non-hydrogen) atoms. The van der Waals surface area contributed by atoms with Crippen LogP contribution in [0.15, 0.2) is 18.2 Å². The van der Waals surface area contributed by atoms with Crippen molar-refractivity contribution in [2.75, 3.05) is 19.8 Å². The average molecular weight is 313 g/mol. The van der Waals surface area contributed by atoms with Crippen LogP contribution in [0, 0.1) is 17.6 Å². The van der Waals surface area contributed by atoms with E-state index in [4.69, 9.17) is 9.84 Å². The predicted octanol–water partition coefficient (Wildman–Crippen LogP) is 1.80. The van der Waals surface area contributed by atoms with Crippen molar-refractivity contribution < 1.29 is 28.2 Å². The smallest absolute Gasteiger partial charge is 0.305 e. The van der Waals surface area contributed by atoms with E-state index in [1.165, 1.54) is 11.0 Å². The van der Waals surface area contributed by atoms with Crippen molar-refractivity contribution >= 4 is 11.9 Å². The molecule has 0 saturated carbocycles. The molecule has 1 atom stereocenters. The lowest BCUT2D eigenvalue weighted by Gasteiger charge is -2.24. The van der Waals surface area contributed by atoms with E-state index in [2.05, 4.69) is 0 Å². The van der Waals surface area contributed by atoms with Gasteiger partial charge in [0.25, 0.3) is 0 Å². The molecule has 0 aromatic heterocycles. The fraction of sp³-hybridized carbons (Fsp3) is 0.467. The van der Waals surface area contributed by atoms with Gasteiger partial charge in [0.15, 0.2) is 11.6 Å². The highest BCUT2D eigenvalue weighted by Crippen LogP contribution is 2.18. The Balaban J connectivity index is 2.10. The lowest BCUT2D eigenvalue weighted by Crippen LogP contribution is -2.37. The van der Waals surface area contributed by atoms with Gasteiger partial charge in [0.2, 0.25) is 5.91 Å². The maximum Gasteiger partial charge on any atom is 0.305 e. The largest absolute Gasteiger partial charge is 0.481 e. The molecule has 1 aromatic carbocycles. The molecule has 1 aliphatic heterocycles. The van der Waals surface area contributed by atoms with Crippen LogP contribution in [0.4, 0.5) is 8.78 Å².